The molecular weight excluding hydrogens is 276 g/mol. The molecule has 0 radical (unpaired) electrons. The van der Waals surface area contributed by atoms with Gasteiger partial charge in [0.15, 0.2) is 0 Å². The van der Waals surface area contributed by atoms with Crippen molar-refractivity contribution in [1.29, 1.82) is 0 Å². The van der Waals surface area contributed by atoms with Gasteiger partial charge in [0.25, 0.3) is 0 Å². The van der Waals surface area contributed by atoms with Gasteiger partial charge in [-0.25, -0.2) is 0 Å². The number of likely N-dealkylation sites (tertiary alicyclic amines) is 1. The molecule has 108 valence electrons. The molecule has 1 saturated carbocycles. The maximum absolute atomic E-state index is 12.1. The van der Waals surface area contributed by atoms with Crippen LogP contribution in [-0.4, -0.2) is 29.5 Å². The lowest BCUT2D eigenvalue weighted by atomic mass is 10.0. The van der Waals surface area contributed by atoms with Crippen LogP contribution in [-0.2, 0) is 4.79 Å². The van der Waals surface area contributed by atoms with Crippen LogP contribution < -0.4 is 10.5 Å². The van der Waals surface area contributed by atoms with Crippen molar-refractivity contribution in [3.8, 4) is 5.75 Å². The molecule has 1 amide bonds. The van der Waals surface area contributed by atoms with E-state index in [1.807, 2.05) is 30.0 Å². The maximum Gasteiger partial charge on any atom is 0.225 e. The van der Waals surface area contributed by atoms with Gasteiger partial charge >= 0.3 is 0 Å². The first-order valence-electron chi connectivity index (χ1n) is 7.10. The summed E-state index contributed by atoms with van der Waals surface area (Å²) < 4.78 is 5.45. The highest BCUT2D eigenvalue weighted by atomic mass is 35.5. The quantitative estimate of drug-likeness (QED) is 0.928. The van der Waals surface area contributed by atoms with Gasteiger partial charge < -0.3 is 15.4 Å². The van der Waals surface area contributed by atoms with Gasteiger partial charge in [0.2, 0.25) is 5.91 Å². The molecule has 2 aliphatic rings. The minimum absolute atomic E-state index is 0.0526. The van der Waals surface area contributed by atoms with Crippen LogP contribution in [0.5, 0.6) is 5.75 Å². The van der Waals surface area contributed by atoms with E-state index in [0.29, 0.717) is 29.8 Å². The van der Waals surface area contributed by atoms with Gasteiger partial charge in [0.05, 0.1) is 17.7 Å². The first-order chi connectivity index (χ1) is 9.61. The number of carbonyl (C=O) groups is 1. The van der Waals surface area contributed by atoms with Crippen LogP contribution in [0.4, 0.5) is 0 Å². The number of benzene rings is 1. The highest BCUT2D eigenvalue weighted by molar-refractivity contribution is 6.32. The molecule has 1 aliphatic carbocycles. The zero-order valence-corrected chi connectivity index (χ0v) is 12.3. The predicted molar refractivity (Wildman–Crippen MR) is 77.8 cm³/mol. The van der Waals surface area contributed by atoms with E-state index < -0.39 is 0 Å². The Morgan fingerprint density at radius 3 is 2.80 bits per heavy atom. The number of nitrogens with zero attached hydrogens (tertiary/aromatic N) is 1. The average molecular weight is 295 g/mol. The van der Waals surface area contributed by atoms with Crippen molar-refractivity contribution in [2.24, 2.45) is 5.73 Å². The Hall–Kier alpha value is -1.26. The second kappa shape index (κ2) is 5.26. The summed E-state index contributed by atoms with van der Waals surface area (Å²) >= 11 is 6.24. The molecule has 1 aromatic carbocycles. The summed E-state index contributed by atoms with van der Waals surface area (Å²) in [6.07, 6.45) is 2.59. The minimum atomic E-state index is -0.155. The Balaban J connectivity index is 1.90. The highest BCUT2D eigenvalue weighted by Crippen LogP contribution is 2.42. The number of ether oxygens (including phenoxy) is 1. The first kappa shape index (κ1) is 13.7. The lowest BCUT2D eigenvalue weighted by Gasteiger charge is -2.27. The van der Waals surface area contributed by atoms with Crippen LogP contribution >= 0.6 is 11.6 Å². The van der Waals surface area contributed by atoms with Crippen LogP contribution in [0.3, 0.4) is 0 Å². The van der Waals surface area contributed by atoms with Crippen LogP contribution in [0, 0.1) is 0 Å². The summed E-state index contributed by atoms with van der Waals surface area (Å²) in [5, 5.41) is 0.576. The van der Waals surface area contributed by atoms with Crippen molar-refractivity contribution in [1.82, 2.24) is 4.90 Å². The van der Waals surface area contributed by atoms with Crippen molar-refractivity contribution >= 4 is 17.5 Å². The Morgan fingerprint density at radius 2 is 2.20 bits per heavy atom. The van der Waals surface area contributed by atoms with Crippen molar-refractivity contribution < 1.29 is 9.53 Å². The molecule has 2 atom stereocenters. The number of amides is 1. The maximum atomic E-state index is 12.1. The Labute approximate surface area is 123 Å². The topological polar surface area (TPSA) is 55.6 Å². The summed E-state index contributed by atoms with van der Waals surface area (Å²) in [5.41, 5.74) is 7.17. The van der Waals surface area contributed by atoms with Gasteiger partial charge in [-0.05, 0) is 37.5 Å². The molecular formula is C15H19ClN2O2. The van der Waals surface area contributed by atoms with Crippen molar-refractivity contribution in [3.05, 3.63) is 28.8 Å². The fraction of sp³-hybridized carbons (Fsp3) is 0.533. The van der Waals surface area contributed by atoms with Crippen molar-refractivity contribution in [2.75, 3.05) is 6.61 Å². The fourth-order valence-corrected chi connectivity index (χ4v) is 3.19. The van der Waals surface area contributed by atoms with Crippen molar-refractivity contribution in [3.63, 3.8) is 0 Å². The highest BCUT2D eigenvalue weighted by Gasteiger charge is 2.45. The summed E-state index contributed by atoms with van der Waals surface area (Å²) in [5.74, 6) is 0.837. The van der Waals surface area contributed by atoms with E-state index in [0.717, 1.165) is 18.4 Å². The lowest BCUT2D eigenvalue weighted by molar-refractivity contribution is -0.129. The molecule has 1 aromatic rings. The van der Waals surface area contributed by atoms with Crippen LogP contribution in [0.25, 0.3) is 0 Å². The molecule has 0 spiro atoms. The Bertz CT molecular complexity index is 531. The van der Waals surface area contributed by atoms with Crippen molar-refractivity contribution in [2.45, 2.75) is 44.3 Å². The number of hydrogen-bond donors (Lipinski definition) is 1. The second-order valence-corrected chi connectivity index (χ2v) is 5.88. The summed E-state index contributed by atoms with van der Waals surface area (Å²) in [4.78, 5) is 14.0. The van der Waals surface area contributed by atoms with E-state index in [-0.39, 0.29) is 18.0 Å². The predicted octanol–water partition coefficient (Wildman–Crippen LogP) is 2.50. The zero-order chi connectivity index (χ0) is 14.3. The summed E-state index contributed by atoms with van der Waals surface area (Å²) in [6, 6.07) is 5.87. The van der Waals surface area contributed by atoms with E-state index >= 15 is 0 Å². The molecule has 3 rings (SSSR count). The third-order valence-electron chi connectivity index (χ3n) is 3.94. The molecule has 2 fully saturated rings. The smallest absolute Gasteiger partial charge is 0.225 e. The van der Waals surface area contributed by atoms with E-state index in [9.17, 15) is 4.79 Å². The third-order valence-corrected chi connectivity index (χ3v) is 4.24. The molecule has 5 heteroatoms. The normalized spacial score (nSPS) is 26.1. The molecule has 1 saturated heterocycles. The van der Waals surface area contributed by atoms with E-state index in [2.05, 4.69) is 0 Å². The number of carbonyl (C=O) groups excluding carboxylic acids is 1. The SMILES string of the molecule is CCOc1ccc(C2C(N)CC(=O)N2C2CC2)cc1Cl. The first-order valence-corrected chi connectivity index (χ1v) is 7.48. The molecule has 0 bridgehead atoms. The fourth-order valence-electron chi connectivity index (χ4n) is 2.94. The summed E-state index contributed by atoms with van der Waals surface area (Å²) in [6.45, 7) is 2.50. The average Bonchev–Trinajstić information content (AvgIpc) is 3.18. The molecule has 20 heavy (non-hydrogen) atoms. The third kappa shape index (κ3) is 2.38. The number of nitrogens with two attached hydrogens (primary N) is 1. The summed E-state index contributed by atoms with van der Waals surface area (Å²) in [7, 11) is 0. The van der Waals surface area contributed by atoms with Crippen LogP contribution in [0.1, 0.15) is 37.8 Å². The molecule has 2 N–H and O–H groups in total. The monoisotopic (exact) mass is 294 g/mol. The largest absolute Gasteiger partial charge is 0.492 e. The van der Waals surface area contributed by atoms with Gasteiger partial charge in [-0.1, -0.05) is 17.7 Å². The van der Waals surface area contributed by atoms with E-state index in [4.69, 9.17) is 22.1 Å². The van der Waals surface area contributed by atoms with Gasteiger partial charge in [-0.2, -0.15) is 0 Å². The number of hydrogen-bond acceptors (Lipinski definition) is 3. The Morgan fingerprint density at radius 1 is 1.45 bits per heavy atom. The molecule has 2 unspecified atom stereocenters. The standard InChI is InChI=1S/C15H19ClN2O2/c1-2-20-13-6-3-9(7-11(13)16)15-12(17)8-14(19)18(15)10-4-5-10/h3,6-7,10,12,15H,2,4-5,8,17H2,1H3. The molecule has 0 aromatic heterocycles. The minimum Gasteiger partial charge on any atom is -0.492 e. The molecule has 1 heterocycles. The number of rotatable bonds is 4. The number of halogens is 1. The molecule has 1 aliphatic heterocycles. The Kier molecular flexibility index (Phi) is 3.61. The van der Waals surface area contributed by atoms with Gasteiger partial charge in [-0.3, -0.25) is 4.79 Å². The zero-order valence-electron chi connectivity index (χ0n) is 11.5. The van der Waals surface area contributed by atoms with Gasteiger partial charge in [0, 0.05) is 18.5 Å². The van der Waals surface area contributed by atoms with E-state index in [1.165, 1.54) is 0 Å². The van der Waals surface area contributed by atoms with Crippen LogP contribution in [0.15, 0.2) is 18.2 Å². The molecule has 4 nitrogen and oxygen atoms in total. The van der Waals surface area contributed by atoms with E-state index in [1.54, 1.807) is 0 Å². The lowest BCUT2D eigenvalue weighted by Crippen LogP contribution is -2.34. The van der Waals surface area contributed by atoms with Crippen LogP contribution in [0.2, 0.25) is 5.02 Å². The second-order valence-electron chi connectivity index (χ2n) is 5.47. The van der Waals surface area contributed by atoms with Gasteiger partial charge in [-0.15, -0.1) is 0 Å². The van der Waals surface area contributed by atoms with Gasteiger partial charge in [0.1, 0.15) is 5.75 Å².